The smallest absolute Gasteiger partial charge is 0.210 e. The molecule has 3 aromatic carbocycles. The second-order valence-corrected chi connectivity index (χ2v) is 6.90. The number of rotatable bonds is 6. The predicted molar refractivity (Wildman–Crippen MR) is 116 cm³/mol. The highest BCUT2D eigenvalue weighted by Crippen LogP contribution is 2.29. The zero-order valence-electron chi connectivity index (χ0n) is 16.7. The van der Waals surface area contributed by atoms with Gasteiger partial charge in [0.1, 0.15) is 17.5 Å². The number of aromatic nitrogens is 2. The van der Waals surface area contributed by atoms with Crippen LogP contribution in [0.3, 0.4) is 0 Å². The number of carbonyl (C=O) groups excluding carboxylic acids is 1. The molecule has 1 atom stereocenters. The van der Waals surface area contributed by atoms with Gasteiger partial charge in [0.2, 0.25) is 5.78 Å². The number of hydrogen-bond acceptors (Lipinski definition) is 5. The first-order chi connectivity index (χ1) is 14.6. The number of hydrogen-bond donors (Lipinski definition) is 1. The van der Waals surface area contributed by atoms with Gasteiger partial charge in [-0.3, -0.25) is 9.48 Å². The van der Waals surface area contributed by atoms with Gasteiger partial charge in [-0.2, -0.15) is 10.4 Å². The minimum atomic E-state index is -0.651. The third-order valence-corrected chi connectivity index (χ3v) is 4.99. The number of Topliss-reactive ketones (excluding diaryl/α,β-unsaturated/α-hetero) is 1. The highest BCUT2D eigenvalue weighted by atomic mass is 16.5. The van der Waals surface area contributed by atoms with Crippen molar-refractivity contribution in [3.8, 4) is 11.8 Å². The first-order valence-corrected chi connectivity index (χ1v) is 9.47. The Morgan fingerprint density at radius 2 is 1.90 bits per heavy atom. The fraction of sp³-hybridized carbons (Fsp3) is 0.125. The Morgan fingerprint density at radius 3 is 2.63 bits per heavy atom. The lowest BCUT2D eigenvalue weighted by atomic mass is 9.98. The van der Waals surface area contributed by atoms with Crippen LogP contribution in [0.4, 0.5) is 5.69 Å². The molecule has 0 amide bonds. The zero-order valence-corrected chi connectivity index (χ0v) is 16.7. The first kappa shape index (κ1) is 19.2. The summed E-state index contributed by atoms with van der Waals surface area (Å²) in [6.45, 7) is 0. The molecule has 1 N–H and O–H groups in total. The molecular formula is C24H20N4O2. The molecule has 0 fully saturated rings. The predicted octanol–water partition coefficient (Wildman–Crippen LogP) is 4.49. The van der Waals surface area contributed by atoms with Crippen LogP contribution in [0.25, 0.3) is 10.9 Å². The monoisotopic (exact) mass is 396 g/mol. The van der Waals surface area contributed by atoms with Crippen molar-refractivity contribution in [1.82, 2.24) is 9.78 Å². The third-order valence-electron chi connectivity index (χ3n) is 4.99. The summed E-state index contributed by atoms with van der Waals surface area (Å²) in [6, 6.07) is 23.7. The van der Waals surface area contributed by atoms with Crippen LogP contribution < -0.4 is 10.1 Å². The third kappa shape index (κ3) is 3.61. The summed E-state index contributed by atoms with van der Waals surface area (Å²) in [7, 11) is 3.39. The van der Waals surface area contributed by atoms with E-state index >= 15 is 0 Å². The fourth-order valence-corrected chi connectivity index (χ4v) is 3.48. The lowest BCUT2D eigenvalue weighted by Crippen LogP contribution is -2.22. The Balaban J connectivity index is 1.80. The van der Waals surface area contributed by atoms with Gasteiger partial charge in [0.15, 0.2) is 0 Å². The van der Waals surface area contributed by atoms with Gasteiger partial charge in [-0.25, -0.2) is 0 Å². The normalized spacial score (nSPS) is 11.6. The Labute approximate surface area is 174 Å². The van der Waals surface area contributed by atoms with Crippen LogP contribution in [-0.2, 0) is 7.05 Å². The highest BCUT2D eigenvalue weighted by molar-refractivity contribution is 6.10. The number of carbonyl (C=O) groups is 1. The number of anilines is 1. The molecule has 4 rings (SSSR count). The lowest BCUT2D eigenvalue weighted by molar-refractivity contribution is 0.0965. The summed E-state index contributed by atoms with van der Waals surface area (Å²) in [5.74, 6) is 0.519. The van der Waals surface area contributed by atoms with Crippen molar-refractivity contribution in [2.75, 3.05) is 12.4 Å². The van der Waals surface area contributed by atoms with Crippen LogP contribution in [0.15, 0.2) is 72.8 Å². The van der Waals surface area contributed by atoms with E-state index in [0.29, 0.717) is 22.4 Å². The Kier molecular flexibility index (Phi) is 5.19. The number of ether oxygens (including phenoxy) is 1. The molecule has 0 aliphatic carbocycles. The lowest BCUT2D eigenvalue weighted by Gasteiger charge is -2.19. The minimum absolute atomic E-state index is 0.176. The molecule has 6 heteroatoms. The minimum Gasteiger partial charge on any atom is -0.497 e. The molecule has 0 saturated carbocycles. The van der Waals surface area contributed by atoms with Crippen LogP contribution in [0.5, 0.6) is 5.75 Å². The van der Waals surface area contributed by atoms with Crippen LogP contribution in [0, 0.1) is 11.3 Å². The number of aryl methyl sites for hydroxylation is 1. The Bertz CT molecular complexity index is 1260. The summed E-state index contributed by atoms with van der Waals surface area (Å²) < 4.78 is 6.97. The van der Waals surface area contributed by atoms with Crippen molar-refractivity contribution in [2.24, 2.45) is 7.05 Å². The largest absolute Gasteiger partial charge is 0.497 e. The number of benzene rings is 3. The van der Waals surface area contributed by atoms with Gasteiger partial charge in [-0.05, 0) is 35.9 Å². The van der Waals surface area contributed by atoms with Crippen molar-refractivity contribution in [3.05, 3.63) is 89.6 Å². The van der Waals surface area contributed by atoms with E-state index in [1.807, 2.05) is 60.7 Å². The summed E-state index contributed by atoms with van der Waals surface area (Å²) in [6.07, 6.45) is 0. The van der Waals surface area contributed by atoms with Crippen LogP contribution in [0.2, 0.25) is 0 Å². The van der Waals surface area contributed by atoms with Crippen molar-refractivity contribution in [2.45, 2.75) is 6.04 Å². The molecule has 1 heterocycles. The summed E-state index contributed by atoms with van der Waals surface area (Å²) in [5, 5.41) is 17.7. The van der Waals surface area contributed by atoms with E-state index in [-0.39, 0.29) is 5.78 Å². The van der Waals surface area contributed by atoms with E-state index in [1.165, 1.54) is 0 Å². The number of nitriles is 1. The second-order valence-electron chi connectivity index (χ2n) is 6.90. The van der Waals surface area contributed by atoms with E-state index in [0.717, 1.165) is 16.8 Å². The molecule has 0 spiro atoms. The maximum Gasteiger partial charge on any atom is 0.210 e. The van der Waals surface area contributed by atoms with E-state index in [1.54, 1.807) is 31.0 Å². The Morgan fingerprint density at radius 1 is 1.10 bits per heavy atom. The maximum absolute atomic E-state index is 13.7. The number of nitrogens with one attached hydrogen (secondary N) is 1. The van der Waals surface area contributed by atoms with Crippen molar-refractivity contribution >= 4 is 22.4 Å². The highest BCUT2D eigenvalue weighted by Gasteiger charge is 2.27. The molecule has 0 aliphatic rings. The average Bonchev–Trinajstić information content (AvgIpc) is 3.13. The van der Waals surface area contributed by atoms with Gasteiger partial charge in [0.25, 0.3) is 0 Å². The van der Waals surface area contributed by atoms with Gasteiger partial charge in [0.05, 0.1) is 24.3 Å². The quantitative estimate of drug-likeness (QED) is 0.486. The van der Waals surface area contributed by atoms with Gasteiger partial charge in [-0.15, -0.1) is 0 Å². The van der Waals surface area contributed by atoms with E-state index < -0.39 is 6.04 Å². The van der Waals surface area contributed by atoms with Gasteiger partial charge >= 0.3 is 0 Å². The zero-order chi connectivity index (χ0) is 21.1. The molecule has 148 valence electrons. The second kappa shape index (κ2) is 8.10. The summed E-state index contributed by atoms with van der Waals surface area (Å²) >= 11 is 0. The topological polar surface area (TPSA) is 79.9 Å². The van der Waals surface area contributed by atoms with Crippen molar-refractivity contribution < 1.29 is 9.53 Å². The molecule has 1 unspecified atom stereocenters. The van der Waals surface area contributed by atoms with Gasteiger partial charge in [-0.1, -0.05) is 36.4 Å². The number of fused-ring (bicyclic) bond motifs is 1. The summed E-state index contributed by atoms with van der Waals surface area (Å²) in [4.78, 5) is 13.7. The van der Waals surface area contributed by atoms with E-state index in [4.69, 9.17) is 4.74 Å². The molecule has 1 aromatic heterocycles. The summed E-state index contributed by atoms with van der Waals surface area (Å²) in [5.41, 5.74) is 3.19. The molecule has 0 bridgehead atoms. The number of ketones is 1. The van der Waals surface area contributed by atoms with Gasteiger partial charge < -0.3 is 10.1 Å². The van der Waals surface area contributed by atoms with E-state index in [2.05, 4.69) is 16.5 Å². The first-order valence-electron chi connectivity index (χ1n) is 9.47. The number of nitrogens with zero attached hydrogens (tertiary/aromatic N) is 3. The molecule has 0 saturated heterocycles. The SMILES string of the molecule is COc1cccc(NC(C(=O)c2nn(C)c3ccc(C#N)cc23)c2ccccc2)c1. The molecule has 30 heavy (non-hydrogen) atoms. The van der Waals surface area contributed by atoms with Crippen LogP contribution >= 0.6 is 0 Å². The van der Waals surface area contributed by atoms with E-state index in [9.17, 15) is 10.1 Å². The average molecular weight is 396 g/mol. The standard InChI is InChI=1S/C24H20N4O2/c1-28-21-12-11-16(15-25)13-20(21)23(27-28)24(29)22(17-7-4-3-5-8-17)26-18-9-6-10-19(14-18)30-2/h3-14,22,26H,1-2H3. The fourth-order valence-electron chi connectivity index (χ4n) is 3.48. The maximum atomic E-state index is 13.7. The molecular weight excluding hydrogens is 376 g/mol. The molecule has 0 aliphatic heterocycles. The molecule has 6 nitrogen and oxygen atoms in total. The molecule has 4 aromatic rings. The van der Waals surface area contributed by atoms with Crippen LogP contribution in [-0.4, -0.2) is 22.7 Å². The molecule has 0 radical (unpaired) electrons. The Hall–Kier alpha value is -4.11. The van der Waals surface area contributed by atoms with Gasteiger partial charge in [0, 0.05) is 24.2 Å². The van der Waals surface area contributed by atoms with Crippen LogP contribution in [0.1, 0.15) is 27.7 Å². The van der Waals surface area contributed by atoms with Crippen molar-refractivity contribution in [3.63, 3.8) is 0 Å². The number of methoxy groups -OCH3 is 1. The van der Waals surface area contributed by atoms with Crippen molar-refractivity contribution in [1.29, 1.82) is 5.26 Å².